The monoisotopic (exact) mass is 229 g/mol. The minimum absolute atomic E-state index is 0.0445. The summed E-state index contributed by atoms with van der Waals surface area (Å²) in [5.41, 5.74) is -2.10. The summed E-state index contributed by atoms with van der Waals surface area (Å²) in [4.78, 5) is 0. The van der Waals surface area contributed by atoms with Crippen LogP contribution in [0, 0.1) is 16.7 Å². The van der Waals surface area contributed by atoms with Gasteiger partial charge in [-0.1, -0.05) is 12.8 Å². The Morgan fingerprint density at radius 3 is 2.20 bits per heavy atom. The van der Waals surface area contributed by atoms with Crippen molar-refractivity contribution in [3.63, 3.8) is 0 Å². The van der Waals surface area contributed by atoms with Crippen LogP contribution in [0.1, 0.15) is 32.1 Å². The van der Waals surface area contributed by atoms with E-state index in [0.717, 1.165) is 12.8 Å². The van der Waals surface area contributed by atoms with E-state index in [0.29, 0.717) is 19.3 Å². The molecule has 5 heteroatoms. The second kappa shape index (κ2) is 3.19. The van der Waals surface area contributed by atoms with E-state index in [1.807, 2.05) is 0 Å². The van der Waals surface area contributed by atoms with E-state index < -0.39 is 20.9 Å². The highest BCUT2D eigenvalue weighted by Crippen LogP contribution is 2.49. The SMILES string of the molecule is N#CC1(C2(O)CCCC2)CCS(=O)(=O)C1. The van der Waals surface area contributed by atoms with Crippen LogP contribution in [0.3, 0.4) is 0 Å². The van der Waals surface area contributed by atoms with Crippen LogP contribution in [-0.2, 0) is 9.84 Å². The van der Waals surface area contributed by atoms with Crippen LogP contribution < -0.4 is 0 Å². The minimum Gasteiger partial charge on any atom is -0.388 e. The fourth-order valence-corrected chi connectivity index (χ4v) is 4.88. The van der Waals surface area contributed by atoms with E-state index in [4.69, 9.17) is 0 Å². The van der Waals surface area contributed by atoms with Gasteiger partial charge in [0.15, 0.2) is 9.84 Å². The molecule has 1 saturated heterocycles. The Kier molecular flexibility index (Phi) is 2.32. The largest absolute Gasteiger partial charge is 0.388 e. The van der Waals surface area contributed by atoms with E-state index >= 15 is 0 Å². The highest BCUT2D eigenvalue weighted by atomic mass is 32.2. The molecule has 1 aliphatic carbocycles. The lowest BCUT2D eigenvalue weighted by Gasteiger charge is -2.36. The fraction of sp³-hybridized carbons (Fsp3) is 0.900. The smallest absolute Gasteiger partial charge is 0.152 e. The van der Waals surface area contributed by atoms with Gasteiger partial charge in [-0.15, -0.1) is 0 Å². The van der Waals surface area contributed by atoms with Crippen LogP contribution in [-0.4, -0.2) is 30.6 Å². The Morgan fingerprint density at radius 2 is 1.80 bits per heavy atom. The zero-order chi connectivity index (χ0) is 11.2. The topological polar surface area (TPSA) is 78.2 Å². The second-order valence-corrected chi connectivity index (χ2v) is 6.96. The predicted molar refractivity (Wildman–Crippen MR) is 54.7 cm³/mol. The molecule has 0 amide bonds. The van der Waals surface area contributed by atoms with Gasteiger partial charge in [0.2, 0.25) is 0 Å². The Morgan fingerprint density at radius 1 is 1.20 bits per heavy atom. The molecule has 1 atom stereocenters. The van der Waals surface area contributed by atoms with E-state index in [9.17, 15) is 18.8 Å². The average molecular weight is 229 g/mol. The van der Waals surface area contributed by atoms with Crippen molar-refractivity contribution >= 4 is 9.84 Å². The zero-order valence-electron chi connectivity index (χ0n) is 8.57. The number of sulfone groups is 1. The summed E-state index contributed by atoms with van der Waals surface area (Å²) in [5.74, 6) is -0.115. The third kappa shape index (κ3) is 1.56. The van der Waals surface area contributed by atoms with Crippen LogP contribution in [0.2, 0.25) is 0 Å². The number of rotatable bonds is 1. The van der Waals surface area contributed by atoms with Crippen LogP contribution in [0.25, 0.3) is 0 Å². The molecule has 0 radical (unpaired) electrons. The third-order valence-electron chi connectivity index (χ3n) is 3.84. The van der Waals surface area contributed by atoms with Crippen LogP contribution in [0.5, 0.6) is 0 Å². The van der Waals surface area contributed by atoms with Crippen molar-refractivity contribution in [3.8, 4) is 6.07 Å². The van der Waals surface area contributed by atoms with Gasteiger partial charge in [0.1, 0.15) is 5.41 Å². The van der Waals surface area contributed by atoms with Crippen LogP contribution >= 0.6 is 0 Å². The van der Waals surface area contributed by atoms with Crippen molar-refractivity contribution in [1.82, 2.24) is 0 Å². The zero-order valence-corrected chi connectivity index (χ0v) is 9.39. The average Bonchev–Trinajstić information content (AvgIpc) is 2.72. The van der Waals surface area contributed by atoms with Crippen molar-refractivity contribution in [2.45, 2.75) is 37.7 Å². The van der Waals surface area contributed by atoms with Crippen molar-refractivity contribution in [3.05, 3.63) is 0 Å². The van der Waals surface area contributed by atoms with Gasteiger partial charge in [-0.05, 0) is 19.3 Å². The van der Waals surface area contributed by atoms with Gasteiger partial charge in [-0.3, -0.25) is 0 Å². The highest BCUT2D eigenvalue weighted by molar-refractivity contribution is 7.91. The first-order valence-electron chi connectivity index (χ1n) is 5.27. The quantitative estimate of drug-likeness (QED) is 0.715. The molecule has 0 bridgehead atoms. The van der Waals surface area contributed by atoms with Gasteiger partial charge in [-0.2, -0.15) is 5.26 Å². The molecule has 0 aromatic carbocycles. The molecule has 2 aliphatic rings. The summed E-state index contributed by atoms with van der Waals surface area (Å²) in [5, 5.41) is 19.6. The number of hydrogen-bond acceptors (Lipinski definition) is 4. The Hall–Kier alpha value is -0.600. The highest BCUT2D eigenvalue weighted by Gasteiger charge is 2.57. The molecule has 84 valence electrons. The lowest BCUT2D eigenvalue weighted by atomic mass is 9.71. The standard InChI is InChI=1S/C10H15NO3S/c11-7-9(5-6-15(13,14)8-9)10(12)3-1-2-4-10/h12H,1-6,8H2. The Balaban J connectivity index is 2.36. The van der Waals surface area contributed by atoms with Crippen LogP contribution in [0.4, 0.5) is 0 Å². The molecule has 1 unspecified atom stereocenters. The molecule has 1 aliphatic heterocycles. The van der Waals surface area contributed by atoms with Gasteiger partial charge in [-0.25, -0.2) is 8.42 Å². The molecule has 2 fully saturated rings. The lowest BCUT2D eigenvalue weighted by Crippen LogP contribution is -2.46. The fourth-order valence-electron chi connectivity index (χ4n) is 2.85. The Bertz CT molecular complexity index is 403. The normalized spacial score (nSPS) is 37.6. The molecule has 1 saturated carbocycles. The van der Waals surface area contributed by atoms with Gasteiger partial charge in [0.05, 0.1) is 23.2 Å². The number of hydrogen-bond donors (Lipinski definition) is 1. The third-order valence-corrected chi connectivity index (χ3v) is 5.60. The first-order chi connectivity index (χ1) is 6.93. The van der Waals surface area contributed by atoms with Gasteiger partial charge < -0.3 is 5.11 Å². The summed E-state index contributed by atoms with van der Waals surface area (Å²) in [6.45, 7) is 0. The molecule has 2 rings (SSSR count). The van der Waals surface area contributed by atoms with E-state index in [-0.39, 0.29) is 11.5 Å². The van der Waals surface area contributed by atoms with E-state index in [2.05, 4.69) is 6.07 Å². The molecular weight excluding hydrogens is 214 g/mol. The first-order valence-corrected chi connectivity index (χ1v) is 7.09. The maximum atomic E-state index is 11.4. The van der Waals surface area contributed by atoms with Crippen molar-refractivity contribution in [2.24, 2.45) is 5.41 Å². The summed E-state index contributed by atoms with van der Waals surface area (Å²) >= 11 is 0. The van der Waals surface area contributed by atoms with Gasteiger partial charge >= 0.3 is 0 Å². The maximum absolute atomic E-state index is 11.4. The maximum Gasteiger partial charge on any atom is 0.152 e. The molecule has 1 N–H and O–H groups in total. The number of nitriles is 1. The molecule has 0 aromatic heterocycles. The molecule has 4 nitrogen and oxygen atoms in total. The number of aliphatic hydroxyl groups is 1. The lowest BCUT2D eigenvalue weighted by molar-refractivity contribution is -0.0372. The number of nitrogens with zero attached hydrogens (tertiary/aromatic N) is 1. The van der Waals surface area contributed by atoms with Crippen LogP contribution in [0.15, 0.2) is 0 Å². The predicted octanol–water partition coefficient (Wildman–Crippen LogP) is 0.620. The molecule has 15 heavy (non-hydrogen) atoms. The van der Waals surface area contributed by atoms with Crippen molar-refractivity contribution in [2.75, 3.05) is 11.5 Å². The summed E-state index contributed by atoms with van der Waals surface area (Å²) < 4.78 is 22.9. The van der Waals surface area contributed by atoms with Gasteiger partial charge in [0, 0.05) is 0 Å². The summed E-state index contributed by atoms with van der Waals surface area (Å²) in [6, 6.07) is 2.09. The summed E-state index contributed by atoms with van der Waals surface area (Å²) in [7, 11) is -3.12. The van der Waals surface area contributed by atoms with E-state index in [1.54, 1.807) is 0 Å². The Labute approximate surface area is 89.8 Å². The van der Waals surface area contributed by atoms with Crippen molar-refractivity contribution < 1.29 is 13.5 Å². The molecule has 0 spiro atoms. The van der Waals surface area contributed by atoms with Crippen molar-refractivity contribution in [1.29, 1.82) is 5.26 Å². The molecule has 1 heterocycles. The van der Waals surface area contributed by atoms with Gasteiger partial charge in [0.25, 0.3) is 0 Å². The second-order valence-electron chi connectivity index (χ2n) is 4.77. The molecular formula is C10H15NO3S. The molecule has 0 aromatic rings. The first kappa shape index (κ1) is 10.9. The minimum atomic E-state index is -3.12. The summed E-state index contributed by atoms with van der Waals surface area (Å²) in [6.07, 6.45) is 3.20. The van der Waals surface area contributed by atoms with E-state index in [1.165, 1.54) is 0 Å².